The molecule has 2 amide bonds. The van der Waals surface area contributed by atoms with Gasteiger partial charge in [-0.25, -0.2) is 0 Å². The van der Waals surface area contributed by atoms with E-state index in [9.17, 15) is 9.59 Å². The van der Waals surface area contributed by atoms with Gasteiger partial charge < -0.3 is 24.8 Å². The first-order valence-electron chi connectivity index (χ1n) is 8.35. The van der Waals surface area contributed by atoms with E-state index in [-0.39, 0.29) is 18.4 Å². The first-order chi connectivity index (χ1) is 12.9. The number of nitrogens with one attached hydrogen (secondary N) is 2. The van der Waals surface area contributed by atoms with Crippen LogP contribution < -0.4 is 24.8 Å². The number of rotatable bonds is 7. The Bertz CT molecular complexity index is 823. The van der Waals surface area contributed by atoms with E-state index in [2.05, 4.69) is 10.6 Å². The molecule has 0 heterocycles. The van der Waals surface area contributed by atoms with Gasteiger partial charge >= 0.3 is 0 Å². The Kier molecular flexibility index (Phi) is 6.65. The van der Waals surface area contributed by atoms with Gasteiger partial charge in [0, 0.05) is 24.7 Å². The summed E-state index contributed by atoms with van der Waals surface area (Å²) in [5.74, 6) is 1.09. The third kappa shape index (κ3) is 4.91. The normalized spacial score (nSPS) is 10.1. The van der Waals surface area contributed by atoms with E-state index in [0.717, 1.165) is 11.1 Å². The van der Waals surface area contributed by atoms with Crippen LogP contribution in [0.4, 0.5) is 5.69 Å². The topological polar surface area (TPSA) is 85.9 Å². The first-order valence-corrected chi connectivity index (χ1v) is 8.35. The lowest BCUT2D eigenvalue weighted by atomic mass is 10.1. The Morgan fingerprint density at radius 3 is 2.11 bits per heavy atom. The molecule has 0 spiro atoms. The van der Waals surface area contributed by atoms with Crippen LogP contribution in [0.25, 0.3) is 0 Å². The number of aryl methyl sites for hydroxylation is 1. The fraction of sp³-hybridized carbons (Fsp3) is 0.300. The summed E-state index contributed by atoms with van der Waals surface area (Å²) in [6.07, 6.45) is 0. The monoisotopic (exact) mass is 372 g/mol. The first kappa shape index (κ1) is 20.1. The van der Waals surface area contributed by atoms with Gasteiger partial charge in [0.2, 0.25) is 11.7 Å². The second-order valence-corrected chi connectivity index (χ2v) is 5.93. The van der Waals surface area contributed by atoms with E-state index in [1.807, 2.05) is 6.92 Å². The van der Waals surface area contributed by atoms with Gasteiger partial charge in [-0.2, -0.15) is 0 Å². The maximum Gasteiger partial charge on any atom is 0.251 e. The van der Waals surface area contributed by atoms with Crippen LogP contribution in [0.2, 0.25) is 0 Å². The molecule has 0 saturated carbocycles. The predicted octanol–water partition coefficient (Wildman–Crippen LogP) is 2.91. The lowest BCUT2D eigenvalue weighted by Crippen LogP contribution is -2.23. The molecule has 0 aliphatic heterocycles. The number of hydrogen-bond acceptors (Lipinski definition) is 5. The van der Waals surface area contributed by atoms with Gasteiger partial charge in [0.1, 0.15) is 0 Å². The summed E-state index contributed by atoms with van der Waals surface area (Å²) in [5, 5.41) is 5.57. The maximum absolute atomic E-state index is 12.5. The lowest BCUT2D eigenvalue weighted by Gasteiger charge is -2.15. The van der Waals surface area contributed by atoms with Crippen LogP contribution in [0.15, 0.2) is 30.3 Å². The fourth-order valence-electron chi connectivity index (χ4n) is 2.61. The molecule has 0 bridgehead atoms. The third-order valence-electron chi connectivity index (χ3n) is 3.99. The van der Waals surface area contributed by atoms with Crippen LogP contribution in [0, 0.1) is 6.92 Å². The number of methoxy groups -OCH3 is 3. The quantitative estimate of drug-likeness (QED) is 0.780. The molecule has 0 atom stereocenters. The minimum absolute atomic E-state index is 0.187. The van der Waals surface area contributed by atoms with E-state index in [4.69, 9.17) is 14.2 Å². The molecule has 0 aromatic heterocycles. The Morgan fingerprint density at radius 1 is 0.963 bits per heavy atom. The number of carbonyl (C=O) groups is 2. The molecule has 7 heteroatoms. The average molecular weight is 372 g/mol. The summed E-state index contributed by atoms with van der Waals surface area (Å²) in [7, 11) is 4.61. The van der Waals surface area contributed by atoms with Gasteiger partial charge in [-0.3, -0.25) is 9.59 Å². The highest BCUT2D eigenvalue weighted by atomic mass is 16.5. The van der Waals surface area contributed by atoms with Gasteiger partial charge in [0.15, 0.2) is 11.5 Å². The summed E-state index contributed by atoms with van der Waals surface area (Å²) < 4.78 is 15.9. The van der Waals surface area contributed by atoms with Crippen LogP contribution in [0.1, 0.15) is 28.4 Å². The van der Waals surface area contributed by atoms with E-state index in [1.165, 1.54) is 28.3 Å². The number of hydrogen-bond donors (Lipinski definition) is 2. The molecule has 0 aliphatic rings. The maximum atomic E-state index is 12.5. The summed E-state index contributed by atoms with van der Waals surface area (Å²) in [4.78, 5) is 23.8. The van der Waals surface area contributed by atoms with E-state index < -0.39 is 0 Å². The molecule has 0 radical (unpaired) electrons. The zero-order valence-electron chi connectivity index (χ0n) is 16.1. The highest BCUT2D eigenvalue weighted by molar-refractivity contribution is 5.97. The van der Waals surface area contributed by atoms with Crippen LogP contribution in [-0.2, 0) is 11.3 Å². The van der Waals surface area contributed by atoms with Gasteiger partial charge in [-0.05, 0) is 42.3 Å². The smallest absolute Gasteiger partial charge is 0.251 e. The van der Waals surface area contributed by atoms with Crippen molar-refractivity contribution >= 4 is 17.5 Å². The van der Waals surface area contributed by atoms with Gasteiger partial charge in [-0.15, -0.1) is 0 Å². The summed E-state index contributed by atoms with van der Waals surface area (Å²) in [6, 6.07) is 8.71. The van der Waals surface area contributed by atoms with E-state index in [0.29, 0.717) is 28.5 Å². The minimum atomic E-state index is -0.254. The number of anilines is 1. The van der Waals surface area contributed by atoms with Crippen molar-refractivity contribution in [3.63, 3.8) is 0 Å². The number of ether oxygens (including phenoxy) is 3. The Hall–Kier alpha value is -3.22. The molecule has 2 aromatic carbocycles. The number of carbonyl (C=O) groups excluding carboxylic acids is 2. The number of benzene rings is 2. The molecule has 0 aliphatic carbocycles. The van der Waals surface area contributed by atoms with Gasteiger partial charge in [0.05, 0.1) is 21.3 Å². The van der Waals surface area contributed by atoms with Crippen LogP contribution >= 0.6 is 0 Å². The van der Waals surface area contributed by atoms with Crippen LogP contribution in [0.5, 0.6) is 17.2 Å². The third-order valence-corrected chi connectivity index (χ3v) is 3.99. The largest absolute Gasteiger partial charge is 0.493 e. The van der Waals surface area contributed by atoms with Crippen molar-refractivity contribution in [2.24, 2.45) is 0 Å². The van der Waals surface area contributed by atoms with Gasteiger partial charge in [-0.1, -0.05) is 6.07 Å². The van der Waals surface area contributed by atoms with Crippen LogP contribution in [-0.4, -0.2) is 33.1 Å². The zero-order valence-corrected chi connectivity index (χ0v) is 16.1. The second-order valence-electron chi connectivity index (χ2n) is 5.93. The highest BCUT2D eigenvalue weighted by Gasteiger charge is 2.14. The molecule has 0 unspecified atom stereocenters. The lowest BCUT2D eigenvalue weighted by molar-refractivity contribution is -0.114. The van der Waals surface area contributed by atoms with Crippen molar-refractivity contribution in [2.75, 3.05) is 26.6 Å². The molecule has 7 nitrogen and oxygen atoms in total. The molecule has 0 saturated heterocycles. The van der Waals surface area contributed by atoms with Gasteiger partial charge in [0.25, 0.3) is 5.91 Å². The molecule has 2 aromatic rings. The van der Waals surface area contributed by atoms with Crippen molar-refractivity contribution in [3.05, 3.63) is 47.0 Å². The molecule has 2 rings (SSSR count). The predicted molar refractivity (Wildman–Crippen MR) is 103 cm³/mol. The van der Waals surface area contributed by atoms with E-state index in [1.54, 1.807) is 30.3 Å². The van der Waals surface area contributed by atoms with Crippen molar-refractivity contribution in [1.82, 2.24) is 5.32 Å². The van der Waals surface area contributed by atoms with Crippen LogP contribution in [0.3, 0.4) is 0 Å². The van der Waals surface area contributed by atoms with Crippen molar-refractivity contribution < 1.29 is 23.8 Å². The molecular weight excluding hydrogens is 348 g/mol. The summed E-state index contributed by atoms with van der Waals surface area (Å²) in [5.41, 5.74) is 2.75. The minimum Gasteiger partial charge on any atom is -0.493 e. The molecule has 144 valence electrons. The standard InChI is InChI=1S/C20H24N2O5/c1-12-6-7-15(10-16(12)22-13(2)23)20(24)21-11-14-8-17(25-3)19(27-5)18(9-14)26-4/h6-10H,11H2,1-5H3,(H,21,24)(H,22,23). The van der Waals surface area contributed by atoms with Crippen molar-refractivity contribution in [1.29, 1.82) is 0 Å². The molecular formula is C20H24N2O5. The van der Waals surface area contributed by atoms with E-state index >= 15 is 0 Å². The summed E-state index contributed by atoms with van der Waals surface area (Å²) >= 11 is 0. The number of amides is 2. The Balaban J connectivity index is 2.17. The molecule has 27 heavy (non-hydrogen) atoms. The highest BCUT2D eigenvalue weighted by Crippen LogP contribution is 2.38. The van der Waals surface area contributed by atoms with Crippen molar-refractivity contribution in [3.8, 4) is 17.2 Å². The Morgan fingerprint density at radius 2 is 1.59 bits per heavy atom. The SMILES string of the molecule is COc1cc(CNC(=O)c2ccc(C)c(NC(C)=O)c2)cc(OC)c1OC. The fourth-order valence-corrected chi connectivity index (χ4v) is 2.61. The summed E-state index contributed by atoms with van der Waals surface area (Å²) in [6.45, 7) is 3.57. The average Bonchev–Trinajstić information content (AvgIpc) is 2.66. The Labute approximate surface area is 158 Å². The molecule has 0 fully saturated rings. The second kappa shape index (κ2) is 8.93. The molecule has 2 N–H and O–H groups in total. The zero-order chi connectivity index (χ0) is 20.0. The van der Waals surface area contributed by atoms with Crippen molar-refractivity contribution in [2.45, 2.75) is 20.4 Å².